The van der Waals surface area contributed by atoms with Crippen LogP contribution in [0.15, 0.2) is 82.7 Å². The largest absolute Gasteiger partial charge is 0.324 e. The predicted octanol–water partition coefficient (Wildman–Crippen LogP) is 4.19. The van der Waals surface area contributed by atoms with Gasteiger partial charge in [0.1, 0.15) is 11.9 Å². The first kappa shape index (κ1) is 21.3. The standard InChI is InChI=1S/C24H17FN4O2S/c25-18-11-9-16(10-12-18)14-29-23(31)19-6-2-4-8-21(19)28-24(29)32-15-22(30)27-20-7-3-1-5-17(20)13-26/h1-12H,14-15H2,(H,27,30). The molecule has 0 aliphatic carbocycles. The Bertz CT molecular complexity index is 1390. The minimum atomic E-state index is -0.360. The number of carbonyl (C=O) groups is 1. The van der Waals surface area contributed by atoms with Crippen LogP contribution < -0.4 is 10.9 Å². The molecule has 1 heterocycles. The highest BCUT2D eigenvalue weighted by atomic mass is 32.2. The molecule has 1 amide bonds. The SMILES string of the molecule is N#Cc1ccccc1NC(=O)CSc1nc2ccccc2c(=O)n1Cc1ccc(F)cc1. The van der Waals surface area contributed by atoms with Gasteiger partial charge >= 0.3 is 0 Å². The van der Waals surface area contributed by atoms with E-state index in [1.54, 1.807) is 60.7 Å². The molecule has 1 aromatic heterocycles. The summed E-state index contributed by atoms with van der Waals surface area (Å²) in [7, 11) is 0. The molecule has 3 aromatic carbocycles. The Kier molecular flexibility index (Phi) is 6.29. The van der Waals surface area contributed by atoms with Gasteiger partial charge < -0.3 is 5.32 Å². The van der Waals surface area contributed by atoms with Crippen LogP contribution in [0.25, 0.3) is 10.9 Å². The highest BCUT2D eigenvalue weighted by Crippen LogP contribution is 2.20. The van der Waals surface area contributed by atoms with Crippen molar-refractivity contribution in [1.29, 1.82) is 5.26 Å². The molecule has 0 aliphatic heterocycles. The Morgan fingerprint density at radius 3 is 2.56 bits per heavy atom. The molecule has 1 N–H and O–H groups in total. The predicted molar refractivity (Wildman–Crippen MR) is 122 cm³/mol. The molecule has 4 rings (SSSR count). The molecule has 0 saturated carbocycles. The van der Waals surface area contributed by atoms with E-state index >= 15 is 0 Å². The van der Waals surface area contributed by atoms with Gasteiger partial charge in [-0.25, -0.2) is 9.37 Å². The average Bonchev–Trinajstić information content (AvgIpc) is 2.81. The maximum atomic E-state index is 13.3. The molecule has 0 aliphatic rings. The van der Waals surface area contributed by atoms with Crippen LogP contribution >= 0.6 is 11.8 Å². The van der Waals surface area contributed by atoms with Crippen molar-refractivity contribution in [3.8, 4) is 6.07 Å². The highest BCUT2D eigenvalue weighted by Gasteiger charge is 2.14. The molecular formula is C24H17FN4O2S. The summed E-state index contributed by atoms with van der Waals surface area (Å²) in [5.74, 6) is -0.691. The second-order valence-electron chi connectivity index (χ2n) is 6.92. The van der Waals surface area contributed by atoms with E-state index in [1.165, 1.54) is 16.7 Å². The van der Waals surface area contributed by atoms with Gasteiger partial charge in [0, 0.05) is 0 Å². The van der Waals surface area contributed by atoms with Gasteiger partial charge in [-0.05, 0) is 42.0 Å². The quantitative estimate of drug-likeness (QED) is 0.356. The van der Waals surface area contributed by atoms with Gasteiger partial charge in [0.15, 0.2) is 5.16 Å². The van der Waals surface area contributed by atoms with Crippen molar-refractivity contribution in [1.82, 2.24) is 9.55 Å². The first-order valence-electron chi connectivity index (χ1n) is 9.71. The fraction of sp³-hybridized carbons (Fsp3) is 0.0833. The number of nitrogens with zero attached hydrogens (tertiary/aromatic N) is 3. The maximum Gasteiger partial charge on any atom is 0.262 e. The number of carbonyl (C=O) groups excluding carboxylic acids is 1. The summed E-state index contributed by atoms with van der Waals surface area (Å²) in [6.45, 7) is 0.193. The van der Waals surface area contributed by atoms with Crippen LogP contribution in [-0.4, -0.2) is 21.2 Å². The van der Waals surface area contributed by atoms with Crippen LogP contribution in [0.4, 0.5) is 10.1 Å². The van der Waals surface area contributed by atoms with Crippen LogP contribution in [0.1, 0.15) is 11.1 Å². The molecule has 6 nitrogen and oxygen atoms in total. The van der Waals surface area contributed by atoms with Crippen LogP contribution in [0.3, 0.4) is 0 Å². The molecule has 0 radical (unpaired) electrons. The fourth-order valence-corrected chi connectivity index (χ4v) is 3.97. The third kappa shape index (κ3) is 4.68. The lowest BCUT2D eigenvalue weighted by Gasteiger charge is -2.13. The van der Waals surface area contributed by atoms with Crippen molar-refractivity contribution < 1.29 is 9.18 Å². The number of nitriles is 1. The zero-order valence-electron chi connectivity index (χ0n) is 16.8. The third-order valence-electron chi connectivity index (χ3n) is 4.73. The third-order valence-corrected chi connectivity index (χ3v) is 5.71. The van der Waals surface area contributed by atoms with Gasteiger partial charge in [-0.15, -0.1) is 0 Å². The smallest absolute Gasteiger partial charge is 0.262 e. The zero-order chi connectivity index (χ0) is 22.5. The Morgan fingerprint density at radius 2 is 1.78 bits per heavy atom. The van der Waals surface area contributed by atoms with Crippen LogP contribution in [0.2, 0.25) is 0 Å². The summed E-state index contributed by atoms with van der Waals surface area (Å²) in [6.07, 6.45) is 0. The number of anilines is 1. The van der Waals surface area contributed by atoms with Crippen molar-refractivity contribution in [2.24, 2.45) is 0 Å². The Balaban J connectivity index is 1.62. The minimum Gasteiger partial charge on any atom is -0.324 e. The van der Waals surface area contributed by atoms with Gasteiger partial charge in [-0.3, -0.25) is 14.2 Å². The molecule has 4 aromatic rings. The van der Waals surface area contributed by atoms with E-state index in [4.69, 9.17) is 0 Å². The summed E-state index contributed by atoms with van der Waals surface area (Å²) in [5.41, 5.74) is 1.82. The summed E-state index contributed by atoms with van der Waals surface area (Å²) >= 11 is 1.12. The lowest BCUT2D eigenvalue weighted by molar-refractivity contribution is -0.113. The number of amides is 1. The second kappa shape index (κ2) is 9.45. The maximum absolute atomic E-state index is 13.3. The van der Waals surface area contributed by atoms with E-state index in [0.29, 0.717) is 27.3 Å². The molecule has 158 valence electrons. The molecule has 0 unspecified atom stereocenters. The molecule has 8 heteroatoms. The van der Waals surface area contributed by atoms with E-state index in [1.807, 2.05) is 6.07 Å². The number of para-hydroxylation sites is 2. The lowest BCUT2D eigenvalue weighted by Crippen LogP contribution is -2.25. The Morgan fingerprint density at radius 1 is 1.06 bits per heavy atom. The minimum absolute atomic E-state index is 0.00599. The number of hydrogen-bond donors (Lipinski definition) is 1. The van der Waals surface area contributed by atoms with E-state index in [9.17, 15) is 19.2 Å². The van der Waals surface area contributed by atoms with E-state index in [-0.39, 0.29) is 29.6 Å². The van der Waals surface area contributed by atoms with Gasteiger partial charge in [0.2, 0.25) is 5.91 Å². The number of benzene rings is 3. The number of aromatic nitrogens is 2. The number of hydrogen-bond acceptors (Lipinski definition) is 5. The van der Waals surface area contributed by atoms with Gasteiger partial charge in [-0.1, -0.05) is 48.2 Å². The molecule has 0 spiro atoms. The summed E-state index contributed by atoms with van der Waals surface area (Å²) in [6, 6.07) is 21.6. The van der Waals surface area contributed by atoms with E-state index in [2.05, 4.69) is 10.3 Å². The van der Waals surface area contributed by atoms with Gasteiger partial charge in [0.05, 0.1) is 34.5 Å². The number of halogens is 1. The zero-order valence-corrected chi connectivity index (χ0v) is 17.6. The Labute approximate surface area is 187 Å². The number of rotatable bonds is 6. The van der Waals surface area contributed by atoms with Crippen molar-refractivity contribution in [3.05, 3.63) is 100 Å². The van der Waals surface area contributed by atoms with Crippen molar-refractivity contribution >= 4 is 34.3 Å². The number of fused-ring (bicyclic) bond motifs is 1. The summed E-state index contributed by atoms with van der Waals surface area (Å²) in [5, 5.41) is 12.7. The molecule has 0 fully saturated rings. The average molecular weight is 444 g/mol. The van der Waals surface area contributed by atoms with Crippen molar-refractivity contribution in [2.45, 2.75) is 11.7 Å². The van der Waals surface area contributed by atoms with Crippen LogP contribution in [0.5, 0.6) is 0 Å². The molecule has 0 atom stereocenters. The van der Waals surface area contributed by atoms with E-state index in [0.717, 1.165) is 17.3 Å². The fourth-order valence-electron chi connectivity index (χ4n) is 3.18. The first-order valence-corrected chi connectivity index (χ1v) is 10.7. The lowest BCUT2D eigenvalue weighted by atomic mass is 10.2. The van der Waals surface area contributed by atoms with E-state index < -0.39 is 0 Å². The van der Waals surface area contributed by atoms with Crippen LogP contribution in [-0.2, 0) is 11.3 Å². The molecule has 0 saturated heterocycles. The Hall–Kier alpha value is -3.96. The van der Waals surface area contributed by atoms with Crippen molar-refractivity contribution in [3.63, 3.8) is 0 Å². The molecular weight excluding hydrogens is 427 g/mol. The molecule has 0 bridgehead atoms. The summed E-state index contributed by atoms with van der Waals surface area (Å²) in [4.78, 5) is 30.2. The highest BCUT2D eigenvalue weighted by molar-refractivity contribution is 7.99. The summed E-state index contributed by atoms with van der Waals surface area (Å²) < 4.78 is 14.8. The number of nitrogens with one attached hydrogen (secondary N) is 1. The van der Waals surface area contributed by atoms with Gasteiger partial charge in [0.25, 0.3) is 5.56 Å². The van der Waals surface area contributed by atoms with Crippen LogP contribution in [0, 0.1) is 17.1 Å². The first-order chi connectivity index (χ1) is 15.5. The topological polar surface area (TPSA) is 87.8 Å². The monoisotopic (exact) mass is 444 g/mol. The second-order valence-corrected chi connectivity index (χ2v) is 7.87. The van der Waals surface area contributed by atoms with Crippen molar-refractivity contribution in [2.75, 3.05) is 11.1 Å². The normalized spacial score (nSPS) is 10.6. The number of thioether (sulfide) groups is 1. The van der Waals surface area contributed by atoms with Gasteiger partial charge in [-0.2, -0.15) is 5.26 Å². The molecule has 32 heavy (non-hydrogen) atoms.